The third-order valence-corrected chi connectivity index (χ3v) is 5.51. The summed E-state index contributed by atoms with van der Waals surface area (Å²) in [7, 11) is 0. The van der Waals surface area contributed by atoms with E-state index in [-0.39, 0.29) is 30.5 Å². The number of amides is 2. The number of fused-ring (bicyclic) bond motifs is 2. The van der Waals surface area contributed by atoms with Crippen LogP contribution < -0.4 is 10.2 Å². The van der Waals surface area contributed by atoms with E-state index in [0.29, 0.717) is 21.9 Å². The zero-order chi connectivity index (χ0) is 18.8. The molecule has 0 aliphatic carbocycles. The van der Waals surface area contributed by atoms with Crippen LogP contribution in [0.1, 0.15) is 24.8 Å². The molecule has 1 N–H and O–H groups in total. The topological polar surface area (TPSA) is 62.3 Å². The third-order valence-electron chi connectivity index (χ3n) is 4.57. The molecule has 0 atom stereocenters. The first-order chi connectivity index (χ1) is 13.1. The van der Waals surface area contributed by atoms with Crippen LogP contribution in [0.15, 0.2) is 42.5 Å². The van der Waals surface area contributed by atoms with Gasteiger partial charge in [0.15, 0.2) is 5.13 Å². The van der Waals surface area contributed by atoms with Gasteiger partial charge in [-0.05, 0) is 42.7 Å². The van der Waals surface area contributed by atoms with Crippen LogP contribution >= 0.6 is 11.3 Å². The zero-order valence-electron chi connectivity index (χ0n) is 14.6. The molecule has 5 nitrogen and oxygen atoms in total. The highest BCUT2D eigenvalue weighted by atomic mass is 32.1. The second-order valence-electron chi connectivity index (χ2n) is 6.46. The number of nitrogens with one attached hydrogen (secondary N) is 1. The number of carbonyl (C=O) groups excluding carboxylic acids is 2. The Labute approximate surface area is 159 Å². The van der Waals surface area contributed by atoms with Crippen LogP contribution in [0.2, 0.25) is 0 Å². The number of carbonyl (C=O) groups is 2. The van der Waals surface area contributed by atoms with Crippen molar-refractivity contribution in [1.29, 1.82) is 0 Å². The van der Waals surface area contributed by atoms with Crippen molar-refractivity contribution in [3.63, 3.8) is 0 Å². The van der Waals surface area contributed by atoms with Gasteiger partial charge in [-0.3, -0.25) is 9.59 Å². The van der Waals surface area contributed by atoms with Crippen LogP contribution in [0, 0.1) is 5.82 Å². The van der Waals surface area contributed by atoms with Crippen molar-refractivity contribution in [3.8, 4) is 0 Å². The molecule has 4 rings (SSSR count). The molecule has 0 saturated heterocycles. The molecule has 0 spiro atoms. The number of hydrogen-bond acceptors (Lipinski definition) is 4. The van der Waals surface area contributed by atoms with Gasteiger partial charge in [0.1, 0.15) is 5.82 Å². The Morgan fingerprint density at radius 3 is 2.93 bits per heavy atom. The summed E-state index contributed by atoms with van der Waals surface area (Å²) in [4.78, 5) is 30.8. The molecule has 0 unspecified atom stereocenters. The van der Waals surface area contributed by atoms with Crippen molar-refractivity contribution in [2.75, 3.05) is 16.8 Å². The van der Waals surface area contributed by atoms with E-state index in [2.05, 4.69) is 10.3 Å². The first kappa shape index (κ1) is 17.6. The number of rotatable bonds is 4. The number of nitrogens with zero attached hydrogens (tertiary/aromatic N) is 2. The van der Waals surface area contributed by atoms with E-state index in [4.69, 9.17) is 0 Å². The summed E-state index contributed by atoms with van der Waals surface area (Å²) in [6.07, 6.45) is 2.12. The second kappa shape index (κ2) is 7.44. The number of anilines is 2. The first-order valence-corrected chi connectivity index (χ1v) is 9.66. The minimum atomic E-state index is -0.337. The van der Waals surface area contributed by atoms with Gasteiger partial charge in [0.2, 0.25) is 11.8 Å². The molecular formula is C20H18FN3O2S. The standard InChI is InChI=1S/C20H18FN3O2S/c21-14-7-8-15-17(12-14)27-20(22-15)23-18(25)9-10-19(26)24-11-3-5-13-4-1-2-6-16(13)24/h1-2,4,6-8,12H,3,5,9-11H2,(H,22,23,25). The van der Waals surface area contributed by atoms with Crippen molar-refractivity contribution in [2.24, 2.45) is 0 Å². The molecule has 3 aromatic rings. The second-order valence-corrected chi connectivity index (χ2v) is 7.49. The quantitative estimate of drug-likeness (QED) is 0.737. The summed E-state index contributed by atoms with van der Waals surface area (Å²) in [6.45, 7) is 0.681. The van der Waals surface area contributed by atoms with Gasteiger partial charge in [0.25, 0.3) is 0 Å². The molecular weight excluding hydrogens is 365 g/mol. The fourth-order valence-corrected chi connectivity index (χ4v) is 4.19. The Hall–Kier alpha value is -2.80. The maximum Gasteiger partial charge on any atom is 0.227 e. The number of aryl methyl sites for hydroxylation is 1. The van der Waals surface area contributed by atoms with E-state index in [1.54, 1.807) is 11.0 Å². The lowest BCUT2D eigenvalue weighted by atomic mass is 10.0. The Morgan fingerprint density at radius 1 is 1.19 bits per heavy atom. The summed E-state index contributed by atoms with van der Waals surface area (Å²) >= 11 is 1.21. The third kappa shape index (κ3) is 3.83. The molecule has 1 aliphatic heterocycles. The smallest absolute Gasteiger partial charge is 0.227 e. The first-order valence-electron chi connectivity index (χ1n) is 8.84. The normalized spacial score (nSPS) is 13.4. The number of hydrogen-bond donors (Lipinski definition) is 1. The summed E-state index contributed by atoms with van der Waals surface area (Å²) < 4.78 is 13.9. The summed E-state index contributed by atoms with van der Waals surface area (Å²) in [5.41, 5.74) is 2.75. The lowest BCUT2D eigenvalue weighted by Gasteiger charge is -2.29. The molecule has 2 amide bonds. The molecule has 0 radical (unpaired) electrons. The summed E-state index contributed by atoms with van der Waals surface area (Å²) in [5.74, 6) is -0.659. The average Bonchev–Trinajstić information content (AvgIpc) is 3.06. The molecule has 2 heterocycles. The highest BCUT2D eigenvalue weighted by molar-refractivity contribution is 7.22. The van der Waals surface area contributed by atoms with Crippen LogP contribution in [-0.2, 0) is 16.0 Å². The summed E-state index contributed by atoms with van der Waals surface area (Å²) in [6, 6.07) is 12.2. The van der Waals surface area contributed by atoms with E-state index in [9.17, 15) is 14.0 Å². The van der Waals surface area contributed by atoms with E-state index < -0.39 is 0 Å². The van der Waals surface area contributed by atoms with Gasteiger partial charge in [-0.25, -0.2) is 9.37 Å². The Bertz CT molecular complexity index is 1020. The molecule has 1 aliphatic rings. The maximum absolute atomic E-state index is 13.2. The average molecular weight is 383 g/mol. The van der Waals surface area contributed by atoms with Gasteiger partial charge < -0.3 is 10.2 Å². The number of para-hydroxylation sites is 1. The van der Waals surface area contributed by atoms with Gasteiger partial charge in [0.05, 0.1) is 10.2 Å². The SMILES string of the molecule is O=C(CCC(=O)N1CCCc2ccccc21)Nc1nc2ccc(F)cc2s1. The van der Waals surface area contributed by atoms with Gasteiger partial charge in [-0.2, -0.15) is 0 Å². The molecule has 138 valence electrons. The Balaban J connectivity index is 1.37. The van der Waals surface area contributed by atoms with Crippen molar-refractivity contribution >= 4 is 44.2 Å². The predicted octanol–water partition coefficient (Wildman–Crippen LogP) is 4.13. The molecule has 1 aromatic heterocycles. The Kier molecular flexibility index (Phi) is 4.85. The highest BCUT2D eigenvalue weighted by Gasteiger charge is 2.22. The molecule has 0 saturated carbocycles. The Morgan fingerprint density at radius 2 is 2.04 bits per heavy atom. The van der Waals surface area contributed by atoms with Crippen molar-refractivity contribution in [2.45, 2.75) is 25.7 Å². The van der Waals surface area contributed by atoms with E-state index in [1.165, 1.54) is 29.0 Å². The van der Waals surface area contributed by atoms with Crippen molar-refractivity contribution < 1.29 is 14.0 Å². The van der Waals surface area contributed by atoms with Crippen LogP contribution in [0.4, 0.5) is 15.2 Å². The number of halogens is 1. The lowest BCUT2D eigenvalue weighted by molar-refractivity contribution is -0.122. The van der Waals surface area contributed by atoms with Crippen molar-refractivity contribution in [1.82, 2.24) is 4.98 Å². The van der Waals surface area contributed by atoms with Crippen LogP contribution in [0.5, 0.6) is 0 Å². The summed E-state index contributed by atoms with van der Waals surface area (Å²) in [5, 5.41) is 3.12. The number of aromatic nitrogens is 1. The fraction of sp³-hybridized carbons (Fsp3) is 0.250. The van der Waals surface area contributed by atoms with E-state index >= 15 is 0 Å². The van der Waals surface area contributed by atoms with Crippen molar-refractivity contribution in [3.05, 3.63) is 53.8 Å². The monoisotopic (exact) mass is 383 g/mol. The van der Waals surface area contributed by atoms with Gasteiger partial charge in [0, 0.05) is 25.1 Å². The van der Waals surface area contributed by atoms with Gasteiger partial charge >= 0.3 is 0 Å². The fourth-order valence-electron chi connectivity index (χ4n) is 3.28. The molecule has 0 bridgehead atoms. The van der Waals surface area contributed by atoms with E-state index in [1.807, 2.05) is 24.3 Å². The minimum Gasteiger partial charge on any atom is -0.312 e. The predicted molar refractivity (Wildman–Crippen MR) is 105 cm³/mol. The van der Waals surface area contributed by atoms with Crippen LogP contribution in [0.3, 0.4) is 0 Å². The lowest BCUT2D eigenvalue weighted by Crippen LogP contribution is -2.35. The minimum absolute atomic E-state index is 0.0522. The van der Waals surface area contributed by atoms with Crippen LogP contribution in [-0.4, -0.2) is 23.3 Å². The zero-order valence-corrected chi connectivity index (χ0v) is 15.4. The maximum atomic E-state index is 13.2. The highest BCUT2D eigenvalue weighted by Crippen LogP contribution is 2.28. The van der Waals surface area contributed by atoms with Gasteiger partial charge in [-0.15, -0.1) is 0 Å². The number of thiazole rings is 1. The molecule has 2 aromatic carbocycles. The van der Waals surface area contributed by atoms with E-state index in [0.717, 1.165) is 18.5 Å². The molecule has 7 heteroatoms. The van der Waals surface area contributed by atoms with Crippen LogP contribution in [0.25, 0.3) is 10.2 Å². The molecule has 0 fully saturated rings. The van der Waals surface area contributed by atoms with Gasteiger partial charge in [-0.1, -0.05) is 29.5 Å². The number of benzene rings is 2. The largest absolute Gasteiger partial charge is 0.312 e. The molecule has 27 heavy (non-hydrogen) atoms.